The Morgan fingerprint density at radius 1 is 1.14 bits per heavy atom. The first-order valence-electron chi connectivity index (χ1n) is 18.1. The number of hydrogen-bond acceptors (Lipinski definition) is 9. The second-order valence-corrected chi connectivity index (χ2v) is 14.7. The van der Waals surface area contributed by atoms with Gasteiger partial charge in [0.05, 0.1) is 31.4 Å². The Hall–Kier alpha value is -2.99. The van der Waals surface area contributed by atoms with Crippen molar-refractivity contribution in [3.05, 3.63) is 47.7 Å². The molecule has 6 rings (SSSR count). The van der Waals surface area contributed by atoms with E-state index in [9.17, 15) is 14.7 Å². The molecule has 0 bridgehead atoms. The van der Waals surface area contributed by atoms with Crippen LogP contribution >= 0.6 is 0 Å². The minimum absolute atomic E-state index is 0.00586. The van der Waals surface area contributed by atoms with Gasteiger partial charge in [0.2, 0.25) is 0 Å². The summed E-state index contributed by atoms with van der Waals surface area (Å²) >= 11 is 0. The number of benzene rings is 1. The molecule has 2 saturated carbocycles. The number of carbonyl (C=O) groups excluding carboxylic acids is 2. The van der Waals surface area contributed by atoms with Crippen molar-refractivity contribution < 1.29 is 38.0 Å². The average molecular weight is 682 g/mol. The van der Waals surface area contributed by atoms with Crippen LogP contribution in [0.3, 0.4) is 0 Å². The van der Waals surface area contributed by atoms with Crippen LogP contribution in [0.2, 0.25) is 0 Å². The van der Waals surface area contributed by atoms with Gasteiger partial charge in [0, 0.05) is 37.5 Å². The Balaban J connectivity index is 1.37. The van der Waals surface area contributed by atoms with E-state index < -0.39 is 36.4 Å². The van der Waals surface area contributed by atoms with Gasteiger partial charge in [0.15, 0.2) is 12.1 Å². The number of Topliss-reactive ketones (excluding diaryl/α,β-unsaturated/α-hetero) is 1. The number of nitrogens with zero attached hydrogens (tertiary/aromatic N) is 3. The van der Waals surface area contributed by atoms with Crippen LogP contribution in [0.1, 0.15) is 76.8 Å². The van der Waals surface area contributed by atoms with E-state index >= 15 is 4.39 Å². The quantitative estimate of drug-likeness (QED) is 0.258. The summed E-state index contributed by atoms with van der Waals surface area (Å²) < 4.78 is 42.0. The molecule has 2 heterocycles. The maximum atomic E-state index is 17.6. The van der Waals surface area contributed by atoms with Crippen molar-refractivity contribution in [3.63, 3.8) is 0 Å². The smallest absolute Gasteiger partial charge is 0.306 e. The second kappa shape index (κ2) is 15.5. The summed E-state index contributed by atoms with van der Waals surface area (Å²) in [4.78, 5) is 27.6. The largest absolute Gasteiger partial charge is 0.462 e. The van der Waals surface area contributed by atoms with E-state index in [4.69, 9.17) is 18.9 Å². The van der Waals surface area contributed by atoms with Gasteiger partial charge in [-0.1, -0.05) is 55.3 Å². The van der Waals surface area contributed by atoms with Crippen molar-refractivity contribution in [2.75, 3.05) is 20.8 Å². The normalized spacial score (nSPS) is 34.9. The topological polar surface area (TPSA) is 122 Å². The number of hydrogen-bond donors (Lipinski definition) is 1. The van der Waals surface area contributed by atoms with Gasteiger partial charge in [-0.25, -0.2) is 9.07 Å². The van der Waals surface area contributed by atoms with E-state index in [1.807, 2.05) is 57.3 Å². The maximum absolute atomic E-state index is 17.6. The number of ketones is 1. The highest BCUT2D eigenvalue weighted by Gasteiger charge is 2.60. The number of methoxy groups -OCH3 is 2. The number of alkyl halides is 1. The summed E-state index contributed by atoms with van der Waals surface area (Å²) in [6.07, 6.45) is 4.87. The number of rotatable bonds is 9. The Kier molecular flexibility index (Phi) is 11.3. The lowest BCUT2D eigenvalue weighted by atomic mass is 9.63. The Bertz CT molecular complexity index is 1500. The minimum atomic E-state index is -1.42. The van der Waals surface area contributed by atoms with Gasteiger partial charge >= 0.3 is 5.97 Å². The summed E-state index contributed by atoms with van der Waals surface area (Å²) in [6.45, 7) is 6.13. The van der Waals surface area contributed by atoms with Crippen molar-refractivity contribution in [1.29, 1.82) is 0 Å². The molecule has 12 atom stereocenters. The number of ether oxygens (including phenoxy) is 4. The Labute approximate surface area is 288 Å². The zero-order chi connectivity index (χ0) is 34.8. The van der Waals surface area contributed by atoms with E-state index in [1.54, 1.807) is 4.68 Å². The lowest BCUT2D eigenvalue weighted by Gasteiger charge is -2.45. The highest BCUT2D eigenvalue weighted by atomic mass is 19.1. The summed E-state index contributed by atoms with van der Waals surface area (Å²) in [7, 11) is 3.02. The molecule has 1 saturated heterocycles. The van der Waals surface area contributed by atoms with Crippen LogP contribution in [-0.2, 0) is 28.5 Å². The van der Waals surface area contributed by atoms with E-state index in [0.717, 1.165) is 36.8 Å². The predicted octanol–water partition coefficient (Wildman–Crippen LogP) is 5.82. The van der Waals surface area contributed by atoms with E-state index in [-0.39, 0.29) is 60.7 Å². The van der Waals surface area contributed by atoms with Gasteiger partial charge in [0.1, 0.15) is 24.1 Å². The molecule has 3 fully saturated rings. The average Bonchev–Trinajstić information content (AvgIpc) is 3.82. The number of aliphatic hydroxyl groups excluding tert-OH is 1. The van der Waals surface area contributed by atoms with Gasteiger partial charge in [-0.15, -0.1) is 5.10 Å². The van der Waals surface area contributed by atoms with E-state index in [1.165, 1.54) is 14.2 Å². The molecule has 2 aromatic rings. The SMILES string of the molecule is CC[C@H]1CCCC[C@@H](C)C(=O)C2=CC3[C@@H](C(F)C(n4cc(-c5cccc(C)c5)nn4)[C@@H]4C[C@@H](OC(O)[C@H](COC)OC)C[C@@H]34)[C@@H]2CC(=O)O1. The van der Waals surface area contributed by atoms with Crippen LogP contribution in [0.5, 0.6) is 0 Å². The highest BCUT2D eigenvalue weighted by Crippen LogP contribution is 2.60. The predicted molar refractivity (Wildman–Crippen MR) is 180 cm³/mol. The number of aryl methyl sites for hydroxylation is 1. The third kappa shape index (κ3) is 7.41. The molecule has 10 nitrogen and oxygen atoms in total. The third-order valence-electron chi connectivity index (χ3n) is 11.6. The van der Waals surface area contributed by atoms with Gasteiger partial charge in [-0.2, -0.15) is 0 Å². The minimum Gasteiger partial charge on any atom is -0.462 e. The molecule has 1 aromatic carbocycles. The number of esters is 1. The molecule has 4 aliphatic rings. The molecule has 0 amide bonds. The highest BCUT2D eigenvalue weighted by molar-refractivity contribution is 5.98. The fourth-order valence-electron chi connectivity index (χ4n) is 9.15. The molecule has 11 heteroatoms. The summed E-state index contributed by atoms with van der Waals surface area (Å²) in [6, 6.07) is 7.24. The number of halogens is 1. The third-order valence-corrected chi connectivity index (χ3v) is 11.6. The fraction of sp³-hybridized carbons (Fsp3) is 0.684. The molecular weight excluding hydrogens is 629 g/mol. The molecule has 3 aliphatic carbocycles. The van der Waals surface area contributed by atoms with Crippen LogP contribution in [0, 0.1) is 42.4 Å². The van der Waals surface area contributed by atoms with Gasteiger partial charge < -0.3 is 24.1 Å². The van der Waals surface area contributed by atoms with E-state index in [0.29, 0.717) is 30.5 Å². The van der Waals surface area contributed by atoms with Crippen molar-refractivity contribution in [3.8, 4) is 11.3 Å². The molecule has 1 aromatic heterocycles. The molecule has 268 valence electrons. The number of aliphatic hydroxyl groups is 1. The van der Waals surface area contributed by atoms with Crippen LogP contribution in [-0.4, -0.2) is 83.5 Å². The lowest BCUT2D eigenvalue weighted by Crippen LogP contribution is -2.47. The Morgan fingerprint density at radius 3 is 2.65 bits per heavy atom. The number of allylic oxidation sites excluding steroid dienone is 2. The van der Waals surface area contributed by atoms with Crippen molar-refractivity contribution in [1.82, 2.24) is 15.0 Å². The second-order valence-electron chi connectivity index (χ2n) is 14.7. The lowest BCUT2D eigenvalue weighted by molar-refractivity contribution is -0.204. The number of cyclic esters (lactones) is 1. The fourth-order valence-corrected chi connectivity index (χ4v) is 9.15. The number of carbonyl (C=O) groups is 2. The summed E-state index contributed by atoms with van der Waals surface area (Å²) in [5.74, 6) is -2.39. The molecule has 0 spiro atoms. The first-order valence-corrected chi connectivity index (χ1v) is 18.1. The van der Waals surface area contributed by atoms with Gasteiger partial charge in [-0.05, 0) is 74.8 Å². The molecular formula is C38H52FN3O7. The Morgan fingerprint density at radius 2 is 1.92 bits per heavy atom. The van der Waals surface area contributed by atoms with Gasteiger partial charge in [0.25, 0.3) is 0 Å². The first-order chi connectivity index (χ1) is 23.6. The monoisotopic (exact) mass is 681 g/mol. The molecule has 1 N–H and O–H groups in total. The maximum Gasteiger partial charge on any atom is 0.306 e. The van der Waals surface area contributed by atoms with Crippen LogP contribution in [0.25, 0.3) is 11.3 Å². The van der Waals surface area contributed by atoms with Crippen molar-refractivity contribution >= 4 is 11.8 Å². The zero-order valence-electron chi connectivity index (χ0n) is 29.4. The molecule has 1 aliphatic heterocycles. The van der Waals surface area contributed by atoms with Crippen molar-refractivity contribution in [2.24, 2.45) is 35.5 Å². The van der Waals surface area contributed by atoms with Crippen molar-refractivity contribution in [2.45, 2.75) is 109 Å². The van der Waals surface area contributed by atoms with Crippen LogP contribution in [0.4, 0.5) is 4.39 Å². The number of fused-ring (bicyclic) bond motifs is 5. The van der Waals surface area contributed by atoms with E-state index in [2.05, 4.69) is 10.3 Å². The molecule has 0 radical (unpaired) electrons. The standard InChI is InChI=1S/C38H52FN3O7/c1-6-24-13-8-7-11-22(3)37(44)30-17-27-26-15-25(49-38(45)32(47-5)20-46-4)16-29(26)36(35(39)34(27)28(30)18-33(43)48-24)42-19-31(40-41-42)23-12-9-10-21(2)14-23/h9-10,12,14,17,19,22,24-29,32,34-36,38,45H,6-8,11,13,15-16,18,20H2,1-5H3/t22-,24+,25+,26+,27?,28-,29-,32+,34-,35?,36?,38?/m1/s1. The first kappa shape index (κ1) is 35.8. The zero-order valence-corrected chi connectivity index (χ0v) is 29.4. The molecule has 49 heavy (non-hydrogen) atoms. The number of aromatic nitrogens is 3. The van der Waals surface area contributed by atoms with Crippen LogP contribution in [0.15, 0.2) is 42.1 Å². The van der Waals surface area contributed by atoms with Crippen LogP contribution < -0.4 is 0 Å². The molecule has 4 unspecified atom stereocenters. The summed E-state index contributed by atoms with van der Waals surface area (Å²) in [5.41, 5.74) is 3.19. The van der Waals surface area contributed by atoms with Gasteiger partial charge in [-0.3, -0.25) is 9.59 Å². The summed E-state index contributed by atoms with van der Waals surface area (Å²) in [5, 5.41) is 19.9.